The van der Waals surface area contributed by atoms with Crippen LogP contribution in [0.2, 0.25) is 0 Å². The molecule has 182 valence electrons. The van der Waals surface area contributed by atoms with Crippen molar-refractivity contribution in [3.63, 3.8) is 0 Å². The van der Waals surface area contributed by atoms with Crippen molar-refractivity contribution in [2.45, 2.75) is 19.9 Å². The maximum atomic E-state index is 13.7. The number of anilines is 2. The summed E-state index contributed by atoms with van der Waals surface area (Å²) in [6, 6.07) is 18.2. The maximum Gasteiger partial charge on any atom is 0.255 e. The van der Waals surface area contributed by atoms with Crippen LogP contribution in [0.25, 0.3) is 11.4 Å². The van der Waals surface area contributed by atoms with Crippen molar-refractivity contribution >= 4 is 17.5 Å². The summed E-state index contributed by atoms with van der Waals surface area (Å²) in [6.45, 7) is 4.40. The van der Waals surface area contributed by atoms with Gasteiger partial charge in [-0.3, -0.25) is 9.78 Å². The fourth-order valence-corrected chi connectivity index (χ4v) is 4.23. The first kappa shape index (κ1) is 23.1. The molecule has 5 rings (SSSR count). The molecule has 0 saturated heterocycles. The lowest BCUT2D eigenvalue weighted by atomic mass is 9.96. The summed E-state index contributed by atoms with van der Waals surface area (Å²) in [6.07, 6.45) is 3.40. The third-order valence-corrected chi connectivity index (χ3v) is 5.90. The molecule has 1 aliphatic heterocycles. The van der Waals surface area contributed by atoms with Crippen LogP contribution in [-0.2, 0) is 4.79 Å². The second-order valence-electron chi connectivity index (χ2n) is 8.16. The van der Waals surface area contributed by atoms with Crippen molar-refractivity contribution in [3.05, 3.63) is 89.9 Å². The van der Waals surface area contributed by atoms with E-state index in [0.29, 0.717) is 41.1 Å². The number of methoxy groups -OCH3 is 1. The molecule has 2 N–H and O–H groups in total. The fraction of sp³-hybridized carbons (Fsp3) is 0.185. The smallest absolute Gasteiger partial charge is 0.255 e. The van der Waals surface area contributed by atoms with E-state index in [1.165, 1.54) is 0 Å². The summed E-state index contributed by atoms with van der Waals surface area (Å²) in [4.78, 5) is 22.5. The second-order valence-corrected chi connectivity index (χ2v) is 8.16. The van der Waals surface area contributed by atoms with Crippen LogP contribution < -0.4 is 20.1 Å². The molecule has 2 aromatic heterocycles. The second kappa shape index (κ2) is 9.91. The molecule has 0 bridgehead atoms. The van der Waals surface area contributed by atoms with Crippen molar-refractivity contribution in [2.24, 2.45) is 0 Å². The molecule has 0 saturated carbocycles. The number of nitrogens with zero attached hydrogens (tertiary/aromatic N) is 4. The Morgan fingerprint density at radius 1 is 1.08 bits per heavy atom. The van der Waals surface area contributed by atoms with Gasteiger partial charge >= 0.3 is 0 Å². The Hall–Kier alpha value is -4.66. The molecule has 1 atom stereocenters. The van der Waals surface area contributed by atoms with E-state index in [2.05, 4.69) is 15.6 Å². The topological polar surface area (TPSA) is 103 Å². The minimum absolute atomic E-state index is 0.268. The largest absolute Gasteiger partial charge is 0.495 e. The maximum absolute atomic E-state index is 13.7. The van der Waals surface area contributed by atoms with Gasteiger partial charge in [0.15, 0.2) is 5.82 Å². The summed E-state index contributed by atoms with van der Waals surface area (Å²) in [5.41, 5.74) is 3.48. The molecule has 2 aromatic carbocycles. The molecule has 4 aromatic rings. The van der Waals surface area contributed by atoms with Crippen LogP contribution in [0.15, 0.2) is 84.3 Å². The fourth-order valence-electron chi connectivity index (χ4n) is 4.23. The minimum atomic E-state index is -0.511. The van der Waals surface area contributed by atoms with Crippen molar-refractivity contribution in [2.75, 3.05) is 24.4 Å². The lowest BCUT2D eigenvalue weighted by Gasteiger charge is -2.28. The Morgan fingerprint density at radius 2 is 1.83 bits per heavy atom. The number of fused-ring (bicyclic) bond motifs is 1. The molecular weight excluding hydrogens is 456 g/mol. The lowest BCUT2D eigenvalue weighted by Crippen LogP contribution is -2.31. The highest BCUT2D eigenvalue weighted by molar-refractivity contribution is 6.06. The van der Waals surface area contributed by atoms with Crippen LogP contribution in [0.1, 0.15) is 25.5 Å². The van der Waals surface area contributed by atoms with Gasteiger partial charge in [-0.25, -0.2) is 4.68 Å². The van der Waals surface area contributed by atoms with Crippen LogP contribution >= 0.6 is 0 Å². The number of amides is 1. The van der Waals surface area contributed by atoms with E-state index in [-0.39, 0.29) is 5.91 Å². The zero-order valence-corrected chi connectivity index (χ0v) is 20.2. The van der Waals surface area contributed by atoms with Gasteiger partial charge < -0.3 is 20.1 Å². The van der Waals surface area contributed by atoms with E-state index >= 15 is 0 Å². The van der Waals surface area contributed by atoms with E-state index in [4.69, 9.17) is 19.6 Å². The lowest BCUT2D eigenvalue weighted by molar-refractivity contribution is -0.113. The highest BCUT2D eigenvalue weighted by atomic mass is 16.5. The van der Waals surface area contributed by atoms with Gasteiger partial charge in [0.05, 0.1) is 25.0 Å². The zero-order valence-electron chi connectivity index (χ0n) is 20.2. The predicted molar refractivity (Wildman–Crippen MR) is 137 cm³/mol. The van der Waals surface area contributed by atoms with E-state index in [1.807, 2.05) is 62.4 Å². The van der Waals surface area contributed by atoms with Gasteiger partial charge in [0.2, 0.25) is 5.95 Å². The summed E-state index contributed by atoms with van der Waals surface area (Å²) in [7, 11) is 1.57. The van der Waals surface area contributed by atoms with E-state index in [9.17, 15) is 4.79 Å². The molecule has 0 fully saturated rings. The Bertz CT molecular complexity index is 1410. The summed E-state index contributed by atoms with van der Waals surface area (Å²) < 4.78 is 12.7. The summed E-state index contributed by atoms with van der Waals surface area (Å²) in [5, 5.41) is 11.1. The van der Waals surface area contributed by atoms with Crippen molar-refractivity contribution in [1.29, 1.82) is 0 Å². The summed E-state index contributed by atoms with van der Waals surface area (Å²) >= 11 is 0. The number of hydrogen-bond acceptors (Lipinski definition) is 7. The number of benzene rings is 2. The molecule has 1 unspecified atom stereocenters. The van der Waals surface area contributed by atoms with Crippen molar-refractivity contribution in [3.8, 4) is 22.9 Å². The molecule has 3 heterocycles. The highest BCUT2D eigenvalue weighted by Gasteiger charge is 2.34. The van der Waals surface area contributed by atoms with Gasteiger partial charge in [-0.05, 0) is 67.9 Å². The van der Waals surface area contributed by atoms with Gasteiger partial charge in [0.25, 0.3) is 5.91 Å². The molecule has 0 radical (unpaired) electrons. The average molecular weight is 483 g/mol. The number of hydrogen-bond donors (Lipinski definition) is 2. The van der Waals surface area contributed by atoms with Crippen molar-refractivity contribution in [1.82, 2.24) is 19.7 Å². The first-order chi connectivity index (χ1) is 17.6. The number of ether oxygens (including phenoxy) is 2. The van der Waals surface area contributed by atoms with Crippen LogP contribution in [0.5, 0.6) is 11.5 Å². The SMILES string of the molecule is CCOc1ccc(-c2nc3n(n2)C(c2ccncc2)C(C(=O)Nc2ccccc2OC)=C(C)N3)cc1. The molecular formula is C27H26N6O3. The molecule has 1 amide bonds. The number of pyridine rings is 1. The first-order valence-corrected chi connectivity index (χ1v) is 11.6. The molecule has 1 aliphatic rings. The van der Waals surface area contributed by atoms with Gasteiger partial charge in [-0.2, -0.15) is 4.98 Å². The zero-order chi connectivity index (χ0) is 25.1. The Kier molecular flexibility index (Phi) is 6.36. The van der Waals surface area contributed by atoms with Crippen LogP contribution in [0.3, 0.4) is 0 Å². The van der Waals surface area contributed by atoms with E-state index < -0.39 is 6.04 Å². The standard InChI is InChI=1S/C27H26N6O3/c1-4-36-20-11-9-19(10-12-20)25-31-27-29-17(2)23(24(33(27)32-25)18-13-15-28-16-14-18)26(34)30-21-7-5-6-8-22(21)35-3/h5-16,24H,4H2,1-3H3,(H,30,34)(H,29,31,32). The van der Waals surface area contributed by atoms with Gasteiger partial charge in [0, 0.05) is 23.7 Å². The van der Waals surface area contributed by atoms with Gasteiger partial charge in [-0.1, -0.05) is 12.1 Å². The van der Waals surface area contributed by atoms with E-state index in [0.717, 1.165) is 16.9 Å². The number of rotatable bonds is 7. The molecule has 9 nitrogen and oxygen atoms in total. The average Bonchev–Trinajstić information content (AvgIpc) is 3.32. The Labute approximate surface area is 208 Å². The molecule has 9 heteroatoms. The Balaban J connectivity index is 1.55. The monoisotopic (exact) mass is 482 g/mol. The quantitative estimate of drug-likeness (QED) is 0.394. The number of carbonyl (C=O) groups excluding carboxylic acids is 1. The van der Waals surface area contributed by atoms with Crippen molar-refractivity contribution < 1.29 is 14.3 Å². The number of aromatic nitrogens is 4. The third kappa shape index (κ3) is 4.38. The van der Waals surface area contributed by atoms with E-state index in [1.54, 1.807) is 36.3 Å². The number of para-hydroxylation sites is 2. The Morgan fingerprint density at radius 3 is 2.56 bits per heavy atom. The van der Waals surface area contributed by atoms with Crippen LogP contribution in [0, 0.1) is 0 Å². The number of allylic oxidation sites excluding steroid dienone is 1. The normalized spacial score (nSPS) is 14.6. The number of nitrogens with one attached hydrogen (secondary N) is 2. The van der Waals surface area contributed by atoms with Gasteiger partial charge in [0.1, 0.15) is 17.5 Å². The first-order valence-electron chi connectivity index (χ1n) is 11.6. The summed E-state index contributed by atoms with van der Waals surface area (Å²) in [5.74, 6) is 2.18. The number of carbonyl (C=O) groups is 1. The van der Waals surface area contributed by atoms with Crippen LogP contribution in [0.4, 0.5) is 11.6 Å². The minimum Gasteiger partial charge on any atom is -0.495 e. The predicted octanol–water partition coefficient (Wildman–Crippen LogP) is 4.68. The van der Waals surface area contributed by atoms with Gasteiger partial charge in [-0.15, -0.1) is 5.10 Å². The molecule has 0 spiro atoms. The third-order valence-electron chi connectivity index (χ3n) is 5.90. The highest BCUT2D eigenvalue weighted by Crippen LogP contribution is 2.37. The molecule has 0 aliphatic carbocycles. The van der Waals surface area contributed by atoms with Crippen LogP contribution in [-0.4, -0.2) is 39.4 Å². The molecule has 36 heavy (non-hydrogen) atoms.